The van der Waals surface area contributed by atoms with Crippen molar-refractivity contribution in [3.05, 3.63) is 52.3 Å². The molecule has 0 aliphatic carbocycles. The third kappa shape index (κ3) is 4.92. The van der Waals surface area contributed by atoms with Crippen LogP contribution in [0.5, 0.6) is 5.75 Å². The van der Waals surface area contributed by atoms with Gasteiger partial charge in [0.25, 0.3) is 0 Å². The molecule has 146 valence electrons. The van der Waals surface area contributed by atoms with Crippen molar-refractivity contribution < 1.29 is 9.53 Å². The third-order valence-corrected chi connectivity index (χ3v) is 4.96. The molecule has 1 atom stereocenters. The summed E-state index contributed by atoms with van der Waals surface area (Å²) >= 11 is 6.44. The third-order valence-electron chi connectivity index (χ3n) is 4.56. The van der Waals surface area contributed by atoms with E-state index in [2.05, 4.69) is 18.9 Å². The quantitative estimate of drug-likeness (QED) is 0.642. The van der Waals surface area contributed by atoms with Gasteiger partial charge in [-0.15, -0.1) is 0 Å². The normalized spacial score (nSPS) is 12.6. The van der Waals surface area contributed by atoms with Gasteiger partial charge in [-0.2, -0.15) is 5.10 Å². The Morgan fingerprint density at radius 1 is 1.33 bits per heavy atom. The SMILES string of the molecule is COc1ccccc1C(C)N(C)C(=O)/C=C/c1c(C)nn(CC(C)C)c1Cl. The number of rotatable bonds is 7. The molecule has 0 N–H and O–H groups in total. The highest BCUT2D eigenvalue weighted by Crippen LogP contribution is 2.28. The fourth-order valence-electron chi connectivity index (χ4n) is 2.91. The summed E-state index contributed by atoms with van der Waals surface area (Å²) < 4.78 is 7.19. The first-order valence-corrected chi connectivity index (χ1v) is 9.44. The van der Waals surface area contributed by atoms with Gasteiger partial charge in [-0.05, 0) is 31.9 Å². The second-order valence-corrected chi connectivity index (χ2v) is 7.42. The molecule has 2 rings (SSSR count). The molecule has 0 aliphatic heterocycles. The minimum atomic E-state index is -0.126. The van der Waals surface area contributed by atoms with E-state index >= 15 is 0 Å². The predicted molar refractivity (Wildman–Crippen MR) is 110 cm³/mol. The Morgan fingerprint density at radius 2 is 2.00 bits per heavy atom. The van der Waals surface area contributed by atoms with Crippen molar-refractivity contribution in [2.45, 2.75) is 40.3 Å². The molecule has 27 heavy (non-hydrogen) atoms. The van der Waals surface area contributed by atoms with Crippen LogP contribution in [-0.2, 0) is 11.3 Å². The summed E-state index contributed by atoms with van der Waals surface area (Å²) in [5.74, 6) is 1.09. The molecule has 1 aromatic heterocycles. The number of nitrogens with zero attached hydrogens (tertiary/aromatic N) is 3. The number of para-hydroxylation sites is 1. The number of hydrogen-bond donors (Lipinski definition) is 0. The minimum Gasteiger partial charge on any atom is -0.496 e. The number of hydrogen-bond acceptors (Lipinski definition) is 3. The molecule has 2 aromatic rings. The summed E-state index contributed by atoms with van der Waals surface area (Å²) in [6.07, 6.45) is 3.29. The number of aryl methyl sites for hydroxylation is 1. The molecule has 0 fully saturated rings. The topological polar surface area (TPSA) is 47.4 Å². The maximum absolute atomic E-state index is 12.7. The smallest absolute Gasteiger partial charge is 0.246 e. The standard InChI is InChI=1S/C21H28ClN3O2/c1-14(2)13-25-21(22)17(15(3)23-25)11-12-20(26)24(5)16(4)18-9-7-8-10-19(18)27-6/h7-12,14,16H,13H2,1-6H3/b12-11+. The van der Waals surface area contributed by atoms with E-state index in [0.717, 1.165) is 29.1 Å². The van der Waals surface area contributed by atoms with E-state index in [0.29, 0.717) is 11.1 Å². The van der Waals surface area contributed by atoms with E-state index < -0.39 is 0 Å². The van der Waals surface area contributed by atoms with Crippen molar-refractivity contribution in [3.8, 4) is 5.75 Å². The van der Waals surface area contributed by atoms with Crippen LogP contribution in [0.15, 0.2) is 30.3 Å². The van der Waals surface area contributed by atoms with Crippen LogP contribution in [0.2, 0.25) is 5.15 Å². The molecule has 6 heteroatoms. The lowest BCUT2D eigenvalue weighted by molar-refractivity contribution is -0.126. The fourth-order valence-corrected chi connectivity index (χ4v) is 3.21. The number of aromatic nitrogens is 2. The predicted octanol–water partition coefficient (Wildman–Crippen LogP) is 4.74. The lowest BCUT2D eigenvalue weighted by Crippen LogP contribution is -2.28. The van der Waals surface area contributed by atoms with Gasteiger partial charge in [0.2, 0.25) is 5.91 Å². The van der Waals surface area contributed by atoms with E-state index in [-0.39, 0.29) is 11.9 Å². The molecule has 1 aromatic carbocycles. The van der Waals surface area contributed by atoms with Crippen LogP contribution in [0, 0.1) is 12.8 Å². The summed E-state index contributed by atoms with van der Waals surface area (Å²) in [4.78, 5) is 14.3. The minimum absolute atomic E-state index is 0.111. The van der Waals surface area contributed by atoms with Gasteiger partial charge in [-0.25, -0.2) is 0 Å². The van der Waals surface area contributed by atoms with Gasteiger partial charge in [0.05, 0.1) is 18.8 Å². The van der Waals surface area contributed by atoms with Gasteiger partial charge in [-0.1, -0.05) is 43.6 Å². The molecule has 1 amide bonds. The van der Waals surface area contributed by atoms with Crippen LogP contribution in [0.3, 0.4) is 0 Å². The van der Waals surface area contributed by atoms with Crippen LogP contribution < -0.4 is 4.74 Å². The van der Waals surface area contributed by atoms with Gasteiger partial charge in [0.15, 0.2) is 0 Å². The van der Waals surface area contributed by atoms with E-state index in [1.165, 1.54) is 0 Å². The molecule has 1 heterocycles. The van der Waals surface area contributed by atoms with Gasteiger partial charge in [0, 0.05) is 30.8 Å². The van der Waals surface area contributed by atoms with E-state index in [9.17, 15) is 4.79 Å². The van der Waals surface area contributed by atoms with Gasteiger partial charge < -0.3 is 9.64 Å². The van der Waals surface area contributed by atoms with Gasteiger partial charge >= 0.3 is 0 Å². The van der Waals surface area contributed by atoms with Crippen molar-refractivity contribution >= 4 is 23.6 Å². The Kier molecular flexibility index (Phi) is 7.08. The molecular weight excluding hydrogens is 362 g/mol. The zero-order valence-electron chi connectivity index (χ0n) is 16.9. The highest BCUT2D eigenvalue weighted by Gasteiger charge is 2.19. The largest absolute Gasteiger partial charge is 0.496 e. The lowest BCUT2D eigenvalue weighted by Gasteiger charge is -2.25. The number of likely N-dealkylation sites (N-methyl/N-ethyl adjacent to an activating group) is 1. The average Bonchev–Trinajstić information content (AvgIpc) is 2.90. The number of carbonyl (C=O) groups excluding carboxylic acids is 1. The fraction of sp³-hybridized carbons (Fsp3) is 0.429. The maximum Gasteiger partial charge on any atom is 0.246 e. The first-order chi connectivity index (χ1) is 12.8. The monoisotopic (exact) mass is 389 g/mol. The Hall–Kier alpha value is -2.27. The van der Waals surface area contributed by atoms with Crippen molar-refractivity contribution in [2.75, 3.05) is 14.2 Å². The average molecular weight is 390 g/mol. The Morgan fingerprint density at radius 3 is 2.63 bits per heavy atom. The zero-order valence-corrected chi connectivity index (χ0v) is 17.6. The Balaban J connectivity index is 2.18. The molecule has 1 unspecified atom stereocenters. The van der Waals surface area contributed by atoms with E-state index in [4.69, 9.17) is 16.3 Å². The van der Waals surface area contributed by atoms with Gasteiger partial charge in [-0.3, -0.25) is 9.48 Å². The summed E-state index contributed by atoms with van der Waals surface area (Å²) in [5.41, 5.74) is 2.55. The molecule has 0 aliphatic rings. The van der Waals surface area contributed by atoms with Crippen LogP contribution in [0.4, 0.5) is 0 Å². The van der Waals surface area contributed by atoms with Crippen LogP contribution in [-0.4, -0.2) is 34.7 Å². The summed E-state index contributed by atoms with van der Waals surface area (Å²) in [7, 11) is 3.41. The molecule has 0 spiro atoms. The van der Waals surface area contributed by atoms with E-state index in [1.807, 2.05) is 38.1 Å². The van der Waals surface area contributed by atoms with Crippen LogP contribution in [0.25, 0.3) is 6.08 Å². The number of benzene rings is 1. The zero-order chi connectivity index (χ0) is 20.1. The number of halogens is 1. The highest BCUT2D eigenvalue weighted by molar-refractivity contribution is 6.31. The first kappa shape index (κ1) is 21.0. The molecule has 0 saturated carbocycles. The highest BCUT2D eigenvalue weighted by atomic mass is 35.5. The molecule has 0 bridgehead atoms. The molecule has 0 radical (unpaired) electrons. The van der Waals surface area contributed by atoms with Crippen molar-refractivity contribution in [2.24, 2.45) is 5.92 Å². The molecule has 0 saturated heterocycles. The Labute approximate surface area is 166 Å². The van der Waals surface area contributed by atoms with Crippen molar-refractivity contribution in [1.82, 2.24) is 14.7 Å². The van der Waals surface area contributed by atoms with Crippen molar-refractivity contribution in [3.63, 3.8) is 0 Å². The van der Waals surface area contributed by atoms with Crippen LogP contribution in [0.1, 0.15) is 43.6 Å². The number of ether oxygens (including phenoxy) is 1. The molecular formula is C21H28ClN3O2. The lowest BCUT2D eigenvalue weighted by atomic mass is 10.1. The number of methoxy groups -OCH3 is 1. The first-order valence-electron chi connectivity index (χ1n) is 9.06. The maximum atomic E-state index is 12.7. The second-order valence-electron chi connectivity index (χ2n) is 7.07. The number of amides is 1. The van der Waals surface area contributed by atoms with Crippen LogP contribution >= 0.6 is 11.6 Å². The van der Waals surface area contributed by atoms with Gasteiger partial charge in [0.1, 0.15) is 10.9 Å². The number of carbonyl (C=O) groups is 1. The molecule has 5 nitrogen and oxygen atoms in total. The summed E-state index contributed by atoms with van der Waals surface area (Å²) in [6.45, 7) is 8.84. The van der Waals surface area contributed by atoms with Crippen molar-refractivity contribution in [1.29, 1.82) is 0 Å². The Bertz CT molecular complexity index is 827. The summed E-state index contributed by atoms with van der Waals surface area (Å²) in [5, 5.41) is 5.03. The summed E-state index contributed by atoms with van der Waals surface area (Å²) in [6, 6.07) is 7.59. The van der Waals surface area contributed by atoms with E-state index in [1.54, 1.807) is 35.9 Å². The second kappa shape index (κ2) is 9.09.